The molecule has 1 unspecified atom stereocenters. The maximum Gasteiger partial charge on any atom is 0.165 e. The number of hydrogen-bond acceptors (Lipinski definition) is 4. The van der Waals surface area contributed by atoms with Gasteiger partial charge in [-0.2, -0.15) is 0 Å². The third kappa shape index (κ3) is 2.87. The van der Waals surface area contributed by atoms with Gasteiger partial charge in [0.1, 0.15) is 5.75 Å². The third-order valence-corrected chi connectivity index (χ3v) is 6.35. The fourth-order valence-electron chi connectivity index (χ4n) is 5.03. The summed E-state index contributed by atoms with van der Waals surface area (Å²) in [4.78, 5) is 2.55. The van der Waals surface area contributed by atoms with E-state index in [1.165, 1.54) is 11.1 Å². The van der Waals surface area contributed by atoms with Crippen LogP contribution in [0, 0.1) is 0 Å². The Morgan fingerprint density at radius 3 is 2.48 bits per heavy atom. The molecule has 4 nitrogen and oxygen atoms in total. The summed E-state index contributed by atoms with van der Waals surface area (Å²) >= 11 is 0. The predicted octanol–water partition coefficient (Wildman–Crippen LogP) is 5.00. The largest absolute Gasteiger partial charge is 0.508 e. The first-order chi connectivity index (χ1) is 14.1. The number of benzene rings is 3. The van der Waals surface area contributed by atoms with Gasteiger partial charge in [0.05, 0.1) is 0 Å². The van der Waals surface area contributed by atoms with Gasteiger partial charge in [-0.05, 0) is 83.5 Å². The normalized spacial score (nSPS) is 17.6. The molecule has 0 amide bonds. The van der Waals surface area contributed by atoms with E-state index in [1.54, 1.807) is 18.2 Å². The number of phenols is 3. The summed E-state index contributed by atoms with van der Waals surface area (Å²) in [5.74, 6) is 0.141. The van der Waals surface area contributed by atoms with E-state index in [-0.39, 0.29) is 17.2 Å². The minimum atomic E-state index is -0.0767. The van der Waals surface area contributed by atoms with Gasteiger partial charge in [-0.3, -0.25) is 4.90 Å². The van der Waals surface area contributed by atoms with Crippen molar-refractivity contribution in [3.8, 4) is 39.5 Å². The van der Waals surface area contributed by atoms with Crippen LogP contribution in [0.3, 0.4) is 0 Å². The van der Waals surface area contributed by atoms with Crippen molar-refractivity contribution >= 4 is 0 Å². The molecule has 0 bridgehead atoms. The summed E-state index contributed by atoms with van der Waals surface area (Å²) in [6, 6.07) is 15.5. The molecule has 1 heterocycles. The maximum absolute atomic E-state index is 10.7. The van der Waals surface area contributed by atoms with E-state index in [0.717, 1.165) is 60.2 Å². The van der Waals surface area contributed by atoms with Crippen LogP contribution in [0.15, 0.2) is 48.5 Å². The molecule has 1 aliphatic heterocycles. The van der Waals surface area contributed by atoms with Crippen LogP contribution in [0.1, 0.15) is 36.1 Å². The Labute approximate surface area is 170 Å². The Balaban J connectivity index is 1.76. The highest BCUT2D eigenvalue weighted by atomic mass is 16.3. The SMILES string of the molecule is CCCN1CCc2cc(-c3ccc(O)cc3)cc3c2C1Cc1ccc(O)c(O)c1-3. The Morgan fingerprint density at radius 1 is 0.931 bits per heavy atom. The van der Waals surface area contributed by atoms with E-state index < -0.39 is 0 Å². The van der Waals surface area contributed by atoms with Crippen molar-refractivity contribution in [1.29, 1.82) is 0 Å². The zero-order valence-corrected chi connectivity index (χ0v) is 16.5. The number of hydrogen-bond donors (Lipinski definition) is 3. The molecule has 2 aliphatic rings. The predicted molar refractivity (Wildman–Crippen MR) is 114 cm³/mol. The van der Waals surface area contributed by atoms with E-state index >= 15 is 0 Å². The van der Waals surface area contributed by atoms with E-state index in [0.29, 0.717) is 6.04 Å². The highest BCUT2D eigenvalue weighted by Crippen LogP contribution is 2.51. The van der Waals surface area contributed by atoms with Crippen LogP contribution >= 0.6 is 0 Å². The first kappa shape index (κ1) is 18.1. The highest BCUT2D eigenvalue weighted by Gasteiger charge is 2.36. The number of fused-ring (bicyclic) bond motifs is 2. The Morgan fingerprint density at radius 2 is 1.72 bits per heavy atom. The second kappa shape index (κ2) is 6.82. The molecule has 1 atom stereocenters. The minimum absolute atomic E-state index is 0.0291. The van der Waals surface area contributed by atoms with Crippen molar-refractivity contribution < 1.29 is 15.3 Å². The van der Waals surface area contributed by atoms with Gasteiger partial charge in [-0.1, -0.05) is 31.2 Å². The average molecular weight is 387 g/mol. The van der Waals surface area contributed by atoms with E-state index in [4.69, 9.17) is 0 Å². The molecule has 3 N–H and O–H groups in total. The van der Waals surface area contributed by atoms with Crippen molar-refractivity contribution in [2.45, 2.75) is 32.2 Å². The quantitative estimate of drug-likeness (QED) is 0.553. The summed E-state index contributed by atoms with van der Waals surface area (Å²) in [7, 11) is 0. The van der Waals surface area contributed by atoms with Crippen molar-refractivity contribution in [3.63, 3.8) is 0 Å². The molecule has 4 heteroatoms. The summed E-state index contributed by atoms with van der Waals surface area (Å²) in [6.07, 6.45) is 2.93. The Kier molecular flexibility index (Phi) is 4.25. The molecule has 0 aromatic heterocycles. The molecule has 0 saturated carbocycles. The van der Waals surface area contributed by atoms with Gasteiger partial charge in [0.25, 0.3) is 0 Å². The van der Waals surface area contributed by atoms with Crippen LogP contribution in [-0.4, -0.2) is 33.3 Å². The smallest absolute Gasteiger partial charge is 0.165 e. The molecule has 3 aromatic carbocycles. The molecule has 0 fully saturated rings. The van der Waals surface area contributed by atoms with Crippen molar-refractivity contribution in [1.82, 2.24) is 4.90 Å². The van der Waals surface area contributed by atoms with Gasteiger partial charge < -0.3 is 15.3 Å². The summed E-state index contributed by atoms with van der Waals surface area (Å²) in [5, 5.41) is 30.6. The molecule has 0 saturated heterocycles. The lowest BCUT2D eigenvalue weighted by Gasteiger charge is -2.42. The highest BCUT2D eigenvalue weighted by molar-refractivity contribution is 5.86. The van der Waals surface area contributed by atoms with Crippen LogP contribution in [0.2, 0.25) is 0 Å². The van der Waals surface area contributed by atoms with Crippen molar-refractivity contribution in [3.05, 3.63) is 65.2 Å². The van der Waals surface area contributed by atoms with Crippen LogP contribution in [0.5, 0.6) is 17.2 Å². The van der Waals surface area contributed by atoms with E-state index in [1.807, 2.05) is 18.2 Å². The van der Waals surface area contributed by atoms with Crippen LogP contribution in [-0.2, 0) is 12.8 Å². The summed E-state index contributed by atoms with van der Waals surface area (Å²) in [5.41, 5.74) is 7.56. The summed E-state index contributed by atoms with van der Waals surface area (Å²) in [6.45, 7) is 4.30. The number of rotatable bonds is 3. The second-order valence-corrected chi connectivity index (χ2v) is 8.12. The van der Waals surface area contributed by atoms with Crippen LogP contribution in [0.25, 0.3) is 22.3 Å². The lowest BCUT2D eigenvalue weighted by atomic mass is 9.75. The molecule has 0 spiro atoms. The van der Waals surface area contributed by atoms with Gasteiger partial charge in [-0.25, -0.2) is 0 Å². The monoisotopic (exact) mass is 387 g/mol. The van der Waals surface area contributed by atoms with Gasteiger partial charge >= 0.3 is 0 Å². The minimum Gasteiger partial charge on any atom is -0.508 e. The molecule has 5 rings (SSSR count). The fourth-order valence-corrected chi connectivity index (χ4v) is 5.03. The standard InChI is InChI=1S/C25H25NO3/c1-2-10-26-11-9-17-12-18(15-3-6-19(27)7-4-15)13-20-23(17)21(26)14-16-5-8-22(28)25(29)24(16)20/h3-8,12-13,21,27-29H,2,9-11,14H2,1H3. The van der Waals surface area contributed by atoms with E-state index in [2.05, 4.69) is 24.0 Å². The van der Waals surface area contributed by atoms with E-state index in [9.17, 15) is 15.3 Å². The average Bonchev–Trinajstić information content (AvgIpc) is 2.73. The molecule has 0 radical (unpaired) electrons. The zero-order chi connectivity index (χ0) is 20.1. The lowest BCUT2D eigenvalue weighted by molar-refractivity contribution is 0.183. The maximum atomic E-state index is 10.7. The first-order valence-corrected chi connectivity index (χ1v) is 10.3. The number of phenolic OH excluding ortho intramolecular Hbond substituents is 3. The molecular weight excluding hydrogens is 362 g/mol. The fraction of sp³-hybridized carbons (Fsp3) is 0.280. The van der Waals surface area contributed by atoms with Crippen molar-refractivity contribution in [2.24, 2.45) is 0 Å². The molecule has 3 aromatic rings. The third-order valence-electron chi connectivity index (χ3n) is 6.35. The van der Waals surface area contributed by atoms with Crippen LogP contribution in [0.4, 0.5) is 0 Å². The summed E-state index contributed by atoms with van der Waals surface area (Å²) < 4.78 is 0. The van der Waals surface area contributed by atoms with Gasteiger partial charge in [0.2, 0.25) is 0 Å². The topological polar surface area (TPSA) is 63.9 Å². The molecular formula is C25H25NO3. The van der Waals surface area contributed by atoms with Gasteiger partial charge in [-0.15, -0.1) is 0 Å². The molecule has 148 valence electrons. The van der Waals surface area contributed by atoms with Gasteiger partial charge in [0.15, 0.2) is 11.5 Å². The Bertz CT molecular complexity index is 1090. The van der Waals surface area contributed by atoms with Crippen molar-refractivity contribution in [2.75, 3.05) is 13.1 Å². The number of aromatic hydroxyl groups is 3. The first-order valence-electron chi connectivity index (χ1n) is 10.3. The molecule has 1 aliphatic carbocycles. The van der Waals surface area contributed by atoms with Crippen LogP contribution < -0.4 is 0 Å². The number of nitrogens with zero attached hydrogens (tertiary/aromatic N) is 1. The molecule has 29 heavy (non-hydrogen) atoms. The zero-order valence-electron chi connectivity index (χ0n) is 16.5. The second-order valence-electron chi connectivity index (χ2n) is 8.12. The Hall–Kier alpha value is -2.98. The lowest BCUT2D eigenvalue weighted by Crippen LogP contribution is -2.38. The van der Waals surface area contributed by atoms with Gasteiger partial charge in [0, 0.05) is 18.2 Å².